The zero-order valence-electron chi connectivity index (χ0n) is 31.8. The lowest BCUT2D eigenvalue weighted by atomic mass is 10.1. The minimum Gasteiger partial charge on any atom is -0.422 e. The van der Waals surface area contributed by atoms with E-state index in [0.29, 0.717) is 22.1 Å². The molecule has 4 N–H and O–H groups in total. The fraction of sp³-hybridized carbons (Fsp3) is 0.205. The molecule has 2 amide bonds. The Hall–Kier alpha value is -5.93. The highest BCUT2D eigenvalue weighted by Gasteiger charge is 2.35. The van der Waals surface area contributed by atoms with Crippen LogP contribution in [0, 0.1) is 0 Å². The van der Waals surface area contributed by atoms with E-state index in [1.165, 1.54) is 22.7 Å². The third-order valence-corrected chi connectivity index (χ3v) is 13.7. The normalized spacial score (nSPS) is 12.8. The molecular weight excluding hydrogens is 835 g/mol. The van der Waals surface area contributed by atoms with Crippen molar-refractivity contribution in [2.24, 2.45) is 5.73 Å². The first-order valence-corrected chi connectivity index (χ1v) is 23.5. The first-order chi connectivity index (χ1) is 28.3. The number of thiazole rings is 2. The second-order valence-corrected chi connectivity index (χ2v) is 19.5. The Morgan fingerprint density at radius 1 is 0.644 bits per heavy atom. The SMILES string of the molecule is CCNC(=O)NCc1nnc(C(c2nc3ccc(-c4ccccc4)cc3s2)S(C)(=O)=O)o1.CS(=O)(=O)C(c1nnc(CN)o1)c1nc2ccc(-c3ccccc3)cc2s1. The summed E-state index contributed by atoms with van der Waals surface area (Å²) in [6, 6.07) is 31.1. The number of nitrogens with two attached hydrogens (primary N) is 1. The Morgan fingerprint density at radius 3 is 1.53 bits per heavy atom. The Labute approximate surface area is 346 Å². The van der Waals surface area contributed by atoms with Crippen LogP contribution >= 0.6 is 22.7 Å². The number of hydrogen-bond donors (Lipinski definition) is 3. The smallest absolute Gasteiger partial charge is 0.315 e. The van der Waals surface area contributed by atoms with E-state index in [0.717, 1.165) is 49.7 Å². The molecular formula is C39H37N9O7S4. The number of benzene rings is 4. The van der Waals surface area contributed by atoms with E-state index in [2.05, 4.69) is 41.0 Å². The van der Waals surface area contributed by atoms with Crippen molar-refractivity contribution < 1.29 is 30.5 Å². The standard InChI is InChI=1S/C21H21N5O4S2.C18H16N4O3S2/c1-3-22-21(27)23-12-17-25-26-19(30-17)18(32(2,28)29)20-24-15-10-9-14(11-16(15)31-20)13-7-5-4-6-8-13;1-27(23,24)16(17-22-21-15(10-19)25-17)18-20-13-8-7-12(9-14(13)26-18)11-5-3-2-4-6-11/h4-11,18H,3,12H2,1-2H3,(H2,22,23,27);2-9,16H,10,19H2,1H3. The first-order valence-electron chi connectivity index (χ1n) is 18.0. The highest BCUT2D eigenvalue weighted by molar-refractivity contribution is 7.91. The van der Waals surface area contributed by atoms with E-state index < -0.39 is 30.2 Å². The first kappa shape index (κ1) is 41.2. The van der Waals surface area contributed by atoms with Crippen LogP contribution in [0.15, 0.2) is 106 Å². The molecule has 20 heteroatoms. The second kappa shape index (κ2) is 17.5. The molecule has 4 heterocycles. The van der Waals surface area contributed by atoms with Crippen LogP contribution in [0.2, 0.25) is 0 Å². The van der Waals surface area contributed by atoms with Gasteiger partial charge in [-0.3, -0.25) is 0 Å². The van der Waals surface area contributed by atoms with Crippen LogP contribution in [-0.2, 0) is 32.8 Å². The summed E-state index contributed by atoms with van der Waals surface area (Å²) in [5, 5.41) is 19.0. The minimum absolute atomic E-state index is 0.0136. The Bertz CT molecular complexity index is 2950. The molecule has 4 aromatic carbocycles. The lowest BCUT2D eigenvalue weighted by Gasteiger charge is -2.07. The van der Waals surface area contributed by atoms with Gasteiger partial charge in [0.25, 0.3) is 0 Å². The summed E-state index contributed by atoms with van der Waals surface area (Å²) in [5.74, 6) is 0.196. The summed E-state index contributed by atoms with van der Waals surface area (Å²) in [4.78, 5) is 20.6. The molecule has 0 radical (unpaired) electrons. The van der Waals surface area contributed by atoms with E-state index >= 15 is 0 Å². The lowest BCUT2D eigenvalue weighted by Crippen LogP contribution is -2.34. The average Bonchev–Trinajstić information content (AvgIpc) is 4.04. The Kier molecular flexibility index (Phi) is 12.2. The maximum absolute atomic E-state index is 12.6. The number of rotatable bonds is 12. The zero-order valence-corrected chi connectivity index (χ0v) is 35.0. The van der Waals surface area contributed by atoms with Gasteiger partial charge < -0.3 is 25.2 Å². The molecule has 0 saturated heterocycles. The number of sulfone groups is 2. The molecule has 4 aromatic heterocycles. The van der Waals surface area contributed by atoms with Gasteiger partial charge in [-0.2, -0.15) is 0 Å². The summed E-state index contributed by atoms with van der Waals surface area (Å²) in [7, 11) is -7.22. The summed E-state index contributed by atoms with van der Waals surface area (Å²) in [6.45, 7) is 2.29. The third-order valence-electron chi connectivity index (χ3n) is 8.65. The molecule has 2 unspecified atom stereocenters. The number of aromatic nitrogens is 6. The van der Waals surface area contributed by atoms with Gasteiger partial charge in [-0.15, -0.1) is 43.1 Å². The van der Waals surface area contributed by atoms with Crippen LogP contribution in [-0.4, -0.2) is 72.3 Å². The van der Waals surface area contributed by atoms with Gasteiger partial charge in [-0.1, -0.05) is 72.8 Å². The molecule has 0 aliphatic rings. The largest absolute Gasteiger partial charge is 0.422 e. The molecule has 2 atom stereocenters. The monoisotopic (exact) mass is 871 g/mol. The zero-order chi connectivity index (χ0) is 41.7. The minimum atomic E-state index is -3.66. The van der Waals surface area contributed by atoms with Crippen molar-refractivity contribution in [3.63, 3.8) is 0 Å². The van der Waals surface area contributed by atoms with E-state index in [1.54, 1.807) is 6.92 Å². The molecule has 0 aliphatic heterocycles. The van der Waals surface area contributed by atoms with Crippen molar-refractivity contribution in [2.75, 3.05) is 19.1 Å². The molecule has 0 bridgehead atoms. The fourth-order valence-corrected chi connectivity index (χ4v) is 11.0. The number of nitrogens with zero attached hydrogens (tertiary/aromatic N) is 6. The molecule has 0 saturated carbocycles. The predicted octanol–water partition coefficient (Wildman–Crippen LogP) is 6.24. The molecule has 8 rings (SSSR count). The number of hydrogen-bond acceptors (Lipinski definition) is 16. The van der Waals surface area contributed by atoms with Crippen molar-refractivity contribution in [3.8, 4) is 22.3 Å². The number of fused-ring (bicyclic) bond motifs is 2. The summed E-state index contributed by atoms with van der Waals surface area (Å²) < 4.78 is 62.8. The topological polar surface area (TPSA) is 239 Å². The maximum Gasteiger partial charge on any atom is 0.315 e. The Morgan fingerprint density at radius 2 is 1.10 bits per heavy atom. The highest BCUT2D eigenvalue weighted by Crippen LogP contribution is 2.38. The van der Waals surface area contributed by atoms with E-state index in [1.807, 2.05) is 97.1 Å². The molecule has 0 spiro atoms. The van der Waals surface area contributed by atoms with E-state index in [4.69, 9.17) is 14.6 Å². The van der Waals surface area contributed by atoms with Gasteiger partial charge in [-0.05, 0) is 53.4 Å². The van der Waals surface area contributed by atoms with Gasteiger partial charge in [0.2, 0.25) is 23.6 Å². The summed E-state index contributed by atoms with van der Waals surface area (Å²) in [5.41, 5.74) is 11.1. The second-order valence-electron chi connectivity index (χ2n) is 13.1. The van der Waals surface area contributed by atoms with Crippen LogP contribution in [0.3, 0.4) is 0 Å². The van der Waals surface area contributed by atoms with Crippen LogP contribution in [0.1, 0.15) is 51.0 Å². The van der Waals surface area contributed by atoms with Gasteiger partial charge in [0.05, 0.1) is 33.5 Å². The predicted molar refractivity (Wildman–Crippen MR) is 226 cm³/mol. The van der Waals surface area contributed by atoms with Gasteiger partial charge in [0.1, 0.15) is 10.0 Å². The van der Waals surface area contributed by atoms with E-state index in [9.17, 15) is 21.6 Å². The molecule has 0 aliphatic carbocycles. The number of carbonyl (C=O) groups is 1. The van der Waals surface area contributed by atoms with Gasteiger partial charge >= 0.3 is 6.03 Å². The van der Waals surface area contributed by atoms with Gasteiger partial charge in [0, 0.05) is 19.1 Å². The van der Waals surface area contributed by atoms with Crippen molar-refractivity contribution in [3.05, 3.63) is 131 Å². The molecule has 0 fully saturated rings. The molecule has 59 heavy (non-hydrogen) atoms. The molecule has 304 valence electrons. The summed E-state index contributed by atoms with van der Waals surface area (Å²) in [6.07, 6.45) is 2.24. The van der Waals surface area contributed by atoms with Crippen molar-refractivity contribution in [1.29, 1.82) is 0 Å². The van der Waals surface area contributed by atoms with Crippen LogP contribution < -0.4 is 16.4 Å². The van der Waals surface area contributed by atoms with Gasteiger partial charge in [0.15, 0.2) is 30.2 Å². The maximum atomic E-state index is 12.6. The average molecular weight is 872 g/mol. The lowest BCUT2D eigenvalue weighted by molar-refractivity contribution is 0.239. The quantitative estimate of drug-likeness (QED) is 0.123. The highest BCUT2D eigenvalue weighted by atomic mass is 32.2. The van der Waals surface area contributed by atoms with Crippen LogP contribution in [0.4, 0.5) is 4.79 Å². The molecule has 16 nitrogen and oxygen atoms in total. The van der Waals surface area contributed by atoms with Crippen LogP contribution in [0.5, 0.6) is 0 Å². The Balaban J connectivity index is 0.000000181. The molecule has 8 aromatic rings. The number of nitrogens with one attached hydrogen (secondary N) is 2. The number of amides is 2. The van der Waals surface area contributed by atoms with E-state index in [-0.39, 0.29) is 42.7 Å². The fourth-order valence-electron chi connectivity index (χ4n) is 5.95. The number of urea groups is 1. The van der Waals surface area contributed by atoms with Crippen molar-refractivity contribution in [1.82, 2.24) is 41.0 Å². The number of carbonyl (C=O) groups excluding carboxylic acids is 1. The third kappa shape index (κ3) is 9.69. The van der Waals surface area contributed by atoms with Crippen LogP contribution in [0.25, 0.3) is 42.7 Å². The van der Waals surface area contributed by atoms with Crippen molar-refractivity contribution >= 4 is 68.8 Å². The summed E-state index contributed by atoms with van der Waals surface area (Å²) >= 11 is 2.58. The van der Waals surface area contributed by atoms with Crippen molar-refractivity contribution in [2.45, 2.75) is 30.5 Å². The van der Waals surface area contributed by atoms with Gasteiger partial charge in [-0.25, -0.2) is 31.6 Å².